The van der Waals surface area contributed by atoms with Gasteiger partial charge in [0.2, 0.25) is 5.91 Å². The summed E-state index contributed by atoms with van der Waals surface area (Å²) in [5, 5.41) is 3.49. The molecular formula is C13H16ClNO. The highest BCUT2D eigenvalue weighted by atomic mass is 35.5. The van der Waals surface area contributed by atoms with E-state index in [0.29, 0.717) is 5.02 Å². The molecule has 0 heterocycles. The van der Waals surface area contributed by atoms with Crippen molar-refractivity contribution in [3.63, 3.8) is 0 Å². The van der Waals surface area contributed by atoms with Crippen LogP contribution in [0.15, 0.2) is 24.3 Å². The van der Waals surface area contributed by atoms with Crippen LogP contribution in [0, 0.1) is 0 Å². The number of benzene rings is 1. The molecule has 0 saturated heterocycles. The second-order valence-corrected chi connectivity index (χ2v) is 4.82. The molecule has 0 unspecified atom stereocenters. The van der Waals surface area contributed by atoms with E-state index in [4.69, 9.17) is 11.6 Å². The van der Waals surface area contributed by atoms with Crippen LogP contribution < -0.4 is 5.32 Å². The van der Waals surface area contributed by atoms with Crippen LogP contribution in [-0.4, -0.2) is 13.0 Å². The predicted octanol–water partition coefficient (Wildman–Crippen LogP) is 2.90. The average molecular weight is 238 g/mol. The molecule has 2 rings (SSSR count). The lowest BCUT2D eigenvalue weighted by molar-refractivity contribution is -0.126. The van der Waals surface area contributed by atoms with E-state index in [2.05, 4.69) is 5.32 Å². The van der Waals surface area contributed by atoms with Crippen molar-refractivity contribution in [2.75, 3.05) is 7.05 Å². The zero-order chi connectivity index (χ0) is 11.6. The molecule has 86 valence electrons. The molecule has 1 aliphatic rings. The number of carbonyl (C=O) groups excluding carboxylic acids is 1. The second kappa shape index (κ2) is 4.46. The van der Waals surface area contributed by atoms with Gasteiger partial charge in [-0.25, -0.2) is 0 Å². The largest absolute Gasteiger partial charge is 0.358 e. The van der Waals surface area contributed by atoms with Crippen molar-refractivity contribution in [3.05, 3.63) is 34.9 Å². The molecule has 0 radical (unpaired) electrons. The van der Waals surface area contributed by atoms with Gasteiger partial charge in [-0.2, -0.15) is 0 Å². The Hall–Kier alpha value is -1.02. The van der Waals surface area contributed by atoms with Gasteiger partial charge in [-0.15, -0.1) is 0 Å². The lowest BCUT2D eigenvalue weighted by Crippen LogP contribution is -2.40. The summed E-state index contributed by atoms with van der Waals surface area (Å²) in [4.78, 5) is 12.1. The van der Waals surface area contributed by atoms with Crippen LogP contribution in [0.25, 0.3) is 0 Å². The van der Waals surface area contributed by atoms with Gasteiger partial charge in [-0.05, 0) is 30.5 Å². The highest BCUT2D eigenvalue weighted by molar-refractivity contribution is 6.30. The molecule has 0 aliphatic heterocycles. The summed E-state index contributed by atoms with van der Waals surface area (Å²) < 4.78 is 0. The predicted molar refractivity (Wildman–Crippen MR) is 65.7 cm³/mol. The van der Waals surface area contributed by atoms with Crippen LogP contribution in [-0.2, 0) is 10.2 Å². The fourth-order valence-electron chi connectivity index (χ4n) is 2.65. The summed E-state index contributed by atoms with van der Waals surface area (Å²) >= 11 is 6.00. The first kappa shape index (κ1) is 11.5. The van der Waals surface area contributed by atoms with Gasteiger partial charge in [0.25, 0.3) is 0 Å². The molecule has 2 nitrogen and oxygen atoms in total. The molecule has 1 aliphatic carbocycles. The monoisotopic (exact) mass is 237 g/mol. The van der Waals surface area contributed by atoms with Crippen LogP contribution in [0.2, 0.25) is 5.02 Å². The van der Waals surface area contributed by atoms with Crippen molar-refractivity contribution in [2.24, 2.45) is 0 Å². The number of hydrogen-bond acceptors (Lipinski definition) is 1. The molecule has 1 saturated carbocycles. The minimum atomic E-state index is -0.348. The standard InChI is InChI=1S/C13H16ClNO/c1-15-12(16)13(7-2-3-8-13)10-5-4-6-11(14)9-10/h4-6,9H,2-3,7-8H2,1H3,(H,15,16). The third-order valence-electron chi connectivity index (χ3n) is 3.50. The maximum Gasteiger partial charge on any atom is 0.230 e. The molecule has 1 fully saturated rings. The Bertz CT molecular complexity index is 397. The van der Waals surface area contributed by atoms with Gasteiger partial charge in [0.15, 0.2) is 0 Å². The first-order valence-electron chi connectivity index (χ1n) is 5.67. The van der Waals surface area contributed by atoms with Gasteiger partial charge in [-0.3, -0.25) is 4.79 Å². The normalized spacial score (nSPS) is 18.4. The molecule has 0 aromatic heterocycles. The van der Waals surface area contributed by atoms with Crippen molar-refractivity contribution < 1.29 is 4.79 Å². The Balaban J connectivity index is 2.43. The number of halogens is 1. The lowest BCUT2D eigenvalue weighted by atomic mass is 9.78. The third kappa shape index (κ3) is 1.82. The maximum absolute atomic E-state index is 12.1. The van der Waals surface area contributed by atoms with Crippen LogP contribution in [0.5, 0.6) is 0 Å². The van der Waals surface area contributed by atoms with E-state index in [-0.39, 0.29) is 11.3 Å². The topological polar surface area (TPSA) is 29.1 Å². The van der Waals surface area contributed by atoms with Gasteiger partial charge >= 0.3 is 0 Å². The number of nitrogens with one attached hydrogen (secondary N) is 1. The minimum absolute atomic E-state index is 0.118. The molecule has 16 heavy (non-hydrogen) atoms. The SMILES string of the molecule is CNC(=O)C1(c2cccc(Cl)c2)CCCC1. The van der Waals surface area contributed by atoms with E-state index in [1.165, 1.54) is 0 Å². The molecular weight excluding hydrogens is 222 g/mol. The van der Waals surface area contributed by atoms with Crippen LogP contribution in [0.4, 0.5) is 0 Å². The van der Waals surface area contributed by atoms with E-state index < -0.39 is 0 Å². The summed E-state index contributed by atoms with van der Waals surface area (Å²) in [5.74, 6) is 0.118. The van der Waals surface area contributed by atoms with Gasteiger partial charge in [0.05, 0.1) is 5.41 Å². The van der Waals surface area contributed by atoms with Gasteiger partial charge in [-0.1, -0.05) is 36.6 Å². The molecule has 3 heteroatoms. The fraction of sp³-hybridized carbons (Fsp3) is 0.462. The summed E-state index contributed by atoms with van der Waals surface area (Å²) in [5.41, 5.74) is 0.705. The molecule has 1 aromatic carbocycles. The molecule has 0 bridgehead atoms. The van der Waals surface area contributed by atoms with Crippen LogP contribution in [0.3, 0.4) is 0 Å². The van der Waals surface area contributed by atoms with E-state index >= 15 is 0 Å². The van der Waals surface area contributed by atoms with E-state index in [0.717, 1.165) is 31.2 Å². The highest BCUT2D eigenvalue weighted by Gasteiger charge is 2.42. The quantitative estimate of drug-likeness (QED) is 0.842. The lowest BCUT2D eigenvalue weighted by Gasteiger charge is -2.27. The summed E-state index contributed by atoms with van der Waals surface area (Å²) in [7, 11) is 1.70. The summed E-state index contributed by atoms with van der Waals surface area (Å²) in [6.07, 6.45) is 4.07. The van der Waals surface area contributed by atoms with Crippen molar-refractivity contribution in [1.29, 1.82) is 0 Å². The average Bonchev–Trinajstić information content (AvgIpc) is 2.78. The molecule has 0 atom stereocenters. The second-order valence-electron chi connectivity index (χ2n) is 4.38. The van der Waals surface area contributed by atoms with Crippen LogP contribution >= 0.6 is 11.6 Å². The zero-order valence-corrected chi connectivity index (χ0v) is 10.2. The Morgan fingerprint density at radius 3 is 2.62 bits per heavy atom. The van der Waals surface area contributed by atoms with Gasteiger partial charge < -0.3 is 5.32 Å². The van der Waals surface area contributed by atoms with Crippen molar-refractivity contribution >= 4 is 17.5 Å². The Morgan fingerprint density at radius 1 is 1.38 bits per heavy atom. The maximum atomic E-state index is 12.1. The molecule has 0 spiro atoms. The van der Waals surface area contributed by atoms with Crippen molar-refractivity contribution in [3.8, 4) is 0 Å². The van der Waals surface area contributed by atoms with Crippen molar-refractivity contribution in [1.82, 2.24) is 5.32 Å². The zero-order valence-electron chi connectivity index (χ0n) is 9.42. The Labute approximate surface area is 101 Å². The van der Waals surface area contributed by atoms with Crippen LogP contribution in [0.1, 0.15) is 31.2 Å². The highest BCUT2D eigenvalue weighted by Crippen LogP contribution is 2.41. The van der Waals surface area contributed by atoms with Gasteiger partial charge in [0, 0.05) is 12.1 Å². The number of amides is 1. The van der Waals surface area contributed by atoms with E-state index in [9.17, 15) is 4.79 Å². The summed E-state index contributed by atoms with van der Waals surface area (Å²) in [6, 6.07) is 7.69. The third-order valence-corrected chi connectivity index (χ3v) is 3.73. The Morgan fingerprint density at radius 2 is 2.06 bits per heavy atom. The number of hydrogen-bond donors (Lipinski definition) is 1. The molecule has 1 aromatic rings. The number of carbonyl (C=O) groups is 1. The number of likely N-dealkylation sites (N-methyl/N-ethyl adjacent to an activating group) is 1. The molecule has 1 N–H and O–H groups in total. The summed E-state index contributed by atoms with van der Waals surface area (Å²) in [6.45, 7) is 0. The fourth-order valence-corrected chi connectivity index (χ4v) is 2.84. The van der Waals surface area contributed by atoms with E-state index in [1.54, 1.807) is 7.05 Å². The van der Waals surface area contributed by atoms with E-state index in [1.807, 2.05) is 24.3 Å². The minimum Gasteiger partial charge on any atom is -0.358 e. The van der Waals surface area contributed by atoms with Gasteiger partial charge in [0.1, 0.15) is 0 Å². The molecule has 1 amide bonds. The smallest absolute Gasteiger partial charge is 0.230 e. The first-order chi connectivity index (χ1) is 7.69. The Kier molecular flexibility index (Phi) is 3.20. The van der Waals surface area contributed by atoms with Crippen molar-refractivity contribution in [2.45, 2.75) is 31.1 Å². The number of rotatable bonds is 2. The first-order valence-corrected chi connectivity index (χ1v) is 6.05.